The molecule has 0 heterocycles. The highest BCUT2D eigenvalue weighted by molar-refractivity contribution is 7.45. The number of likely N-dealkylation sites (N-methyl/N-ethyl adjacent to an activating group) is 1. The summed E-state index contributed by atoms with van der Waals surface area (Å²) in [5, 5.41) is 3.06. The Kier molecular flexibility index (Phi) is 66.2. The second-order valence-electron chi connectivity index (χ2n) is 27.9. The van der Waals surface area contributed by atoms with Gasteiger partial charge in [0.2, 0.25) is 5.91 Å². The van der Waals surface area contributed by atoms with E-state index in [0.29, 0.717) is 17.4 Å². The Balaban J connectivity index is 4.87. The molecule has 0 aliphatic rings. The van der Waals surface area contributed by atoms with E-state index < -0.39 is 20.0 Å². The lowest BCUT2D eigenvalue weighted by molar-refractivity contribution is -0.870. The average molecular weight is 1250 g/mol. The zero-order valence-corrected chi connectivity index (χ0v) is 60.2. The maximum absolute atomic E-state index is 13.6. The number of allylic oxidation sites excluding steroid dienone is 3. The van der Waals surface area contributed by atoms with Gasteiger partial charge in [0, 0.05) is 12.8 Å². The molecular formula is C77H151N2O7P. The third-order valence-electron chi connectivity index (χ3n) is 17.9. The molecular weight excluding hydrogens is 1100 g/mol. The minimum Gasteiger partial charge on any atom is -0.756 e. The van der Waals surface area contributed by atoms with Crippen LogP contribution in [0.3, 0.4) is 0 Å². The van der Waals surface area contributed by atoms with E-state index in [1.807, 2.05) is 33.3 Å². The SMILES string of the molecule is CCCCCCCC/C=C/CCCCCCCCCCCCCCCCCCCC(=O)OC(/C=C/CCCCCCCCCCC)C(COP(=O)([O-])OCC[N+](C)(C)C)NC(=O)CCCCCCCCCCCCCCCCCCCCCCCCC. The van der Waals surface area contributed by atoms with Gasteiger partial charge in [0.05, 0.1) is 33.8 Å². The standard InChI is InChI=1S/C77H151N2O7P/c1-7-10-13-16-19-22-25-27-29-31-33-35-37-38-39-40-42-44-46-48-50-52-55-58-61-64-67-70-77(81)86-75(68-65-62-59-56-53-24-21-18-15-12-9-3)74(73-85-87(82,83)84-72-71-79(4,5)6)78-76(80)69-66-63-60-57-54-51-49-47-45-43-41-36-34-32-30-28-26-23-20-17-14-11-8-2/h27,29,65,68,74-75H,7-26,28,30-64,66-67,69-73H2,1-6H3,(H-,78,80,82,83)/b29-27+,68-65+. The summed E-state index contributed by atoms with van der Waals surface area (Å²) in [5.41, 5.74) is 0. The number of quaternary nitrogens is 1. The van der Waals surface area contributed by atoms with Crippen LogP contribution in [0, 0.1) is 0 Å². The molecule has 9 nitrogen and oxygen atoms in total. The molecule has 0 fully saturated rings. The van der Waals surface area contributed by atoms with Gasteiger partial charge in [-0.25, -0.2) is 0 Å². The first kappa shape index (κ1) is 85.5. The van der Waals surface area contributed by atoms with Crippen molar-refractivity contribution in [2.75, 3.05) is 40.9 Å². The van der Waals surface area contributed by atoms with E-state index in [4.69, 9.17) is 13.8 Å². The fourth-order valence-corrected chi connectivity index (χ4v) is 12.7. The number of esters is 1. The minimum absolute atomic E-state index is 0.0175. The Morgan fingerprint density at radius 2 is 0.667 bits per heavy atom. The smallest absolute Gasteiger partial charge is 0.306 e. The van der Waals surface area contributed by atoms with E-state index in [2.05, 4.69) is 38.2 Å². The highest BCUT2D eigenvalue weighted by Crippen LogP contribution is 2.38. The van der Waals surface area contributed by atoms with Gasteiger partial charge in [-0.3, -0.25) is 14.2 Å². The number of hydrogen-bond donors (Lipinski definition) is 1. The summed E-state index contributed by atoms with van der Waals surface area (Å²) in [6.45, 7) is 6.92. The first-order valence-electron chi connectivity index (χ1n) is 38.6. The van der Waals surface area contributed by atoms with Crippen molar-refractivity contribution < 1.29 is 37.3 Å². The Morgan fingerprint density at radius 1 is 0.391 bits per heavy atom. The summed E-state index contributed by atoms with van der Waals surface area (Å²) in [6, 6.07) is -0.883. The molecule has 3 atom stereocenters. The number of unbranched alkanes of at least 4 members (excludes halogenated alkanes) is 54. The van der Waals surface area contributed by atoms with Crippen LogP contribution in [0.2, 0.25) is 0 Å². The molecule has 1 amide bonds. The molecule has 516 valence electrons. The van der Waals surface area contributed by atoms with Gasteiger partial charge in [0.25, 0.3) is 7.82 Å². The number of carbonyl (C=O) groups excluding carboxylic acids is 2. The van der Waals surface area contributed by atoms with Gasteiger partial charge in [-0.05, 0) is 57.4 Å². The van der Waals surface area contributed by atoms with Crippen molar-refractivity contribution in [3.05, 3.63) is 24.3 Å². The van der Waals surface area contributed by atoms with E-state index >= 15 is 0 Å². The average Bonchev–Trinajstić information content (AvgIpc) is 3.70. The monoisotopic (exact) mass is 1250 g/mol. The molecule has 0 saturated carbocycles. The van der Waals surface area contributed by atoms with Gasteiger partial charge in [-0.2, -0.15) is 0 Å². The van der Waals surface area contributed by atoms with Crippen LogP contribution in [0.25, 0.3) is 0 Å². The van der Waals surface area contributed by atoms with Gasteiger partial charge < -0.3 is 28.5 Å². The van der Waals surface area contributed by atoms with Crippen LogP contribution >= 0.6 is 7.82 Å². The molecule has 0 saturated heterocycles. The van der Waals surface area contributed by atoms with Gasteiger partial charge >= 0.3 is 5.97 Å². The number of nitrogens with one attached hydrogen (secondary N) is 1. The van der Waals surface area contributed by atoms with Crippen molar-refractivity contribution in [2.24, 2.45) is 0 Å². The van der Waals surface area contributed by atoms with Gasteiger partial charge in [-0.1, -0.05) is 360 Å². The lowest BCUT2D eigenvalue weighted by atomic mass is 10.0. The molecule has 0 rings (SSSR count). The van der Waals surface area contributed by atoms with Crippen molar-refractivity contribution in [2.45, 2.75) is 418 Å². The predicted octanol–water partition coefficient (Wildman–Crippen LogP) is 24.2. The number of carbonyl (C=O) groups is 2. The maximum Gasteiger partial charge on any atom is 0.306 e. The van der Waals surface area contributed by atoms with E-state index in [-0.39, 0.29) is 31.5 Å². The van der Waals surface area contributed by atoms with Crippen LogP contribution < -0.4 is 10.2 Å². The number of ether oxygens (including phenoxy) is 1. The van der Waals surface area contributed by atoms with Crippen molar-refractivity contribution >= 4 is 19.7 Å². The number of amides is 1. The zero-order valence-electron chi connectivity index (χ0n) is 59.3. The lowest BCUT2D eigenvalue weighted by Crippen LogP contribution is -2.47. The highest BCUT2D eigenvalue weighted by atomic mass is 31.2. The van der Waals surface area contributed by atoms with E-state index in [0.717, 1.165) is 57.8 Å². The normalized spacial score (nSPS) is 13.5. The Labute approximate surface area is 543 Å². The summed E-state index contributed by atoms with van der Waals surface area (Å²) in [5.74, 6) is -0.514. The van der Waals surface area contributed by atoms with Gasteiger partial charge in [0.15, 0.2) is 0 Å². The Morgan fingerprint density at radius 3 is 0.977 bits per heavy atom. The van der Waals surface area contributed by atoms with Crippen LogP contribution in [0.4, 0.5) is 0 Å². The number of phosphoric acid groups is 1. The van der Waals surface area contributed by atoms with Crippen LogP contribution in [0.15, 0.2) is 24.3 Å². The molecule has 0 bridgehead atoms. The van der Waals surface area contributed by atoms with Gasteiger partial charge in [0.1, 0.15) is 19.3 Å². The second kappa shape index (κ2) is 67.4. The van der Waals surface area contributed by atoms with E-state index in [9.17, 15) is 19.0 Å². The summed E-state index contributed by atoms with van der Waals surface area (Å²) < 4.78 is 30.5. The summed E-state index contributed by atoms with van der Waals surface area (Å²) in [6.07, 6.45) is 83.3. The third kappa shape index (κ3) is 68.7. The molecule has 10 heteroatoms. The third-order valence-corrected chi connectivity index (χ3v) is 18.8. The number of nitrogens with zero attached hydrogens (tertiary/aromatic N) is 1. The molecule has 0 aliphatic carbocycles. The molecule has 0 radical (unpaired) electrons. The zero-order chi connectivity index (χ0) is 63.5. The van der Waals surface area contributed by atoms with Crippen LogP contribution in [-0.2, 0) is 27.9 Å². The first-order chi connectivity index (χ1) is 42.4. The molecule has 0 spiro atoms. The quantitative estimate of drug-likeness (QED) is 0.0212. The highest BCUT2D eigenvalue weighted by Gasteiger charge is 2.27. The fraction of sp³-hybridized carbons (Fsp3) is 0.922. The second-order valence-corrected chi connectivity index (χ2v) is 29.3. The van der Waals surface area contributed by atoms with Gasteiger partial charge in [-0.15, -0.1) is 0 Å². The van der Waals surface area contributed by atoms with E-state index in [1.165, 1.54) is 315 Å². The molecule has 3 unspecified atom stereocenters. The number of phosphoric ester groups is 1. The molecule has 0 aromatic rings. The van der Waals surface area contributed by atoms with Crippen molar-refractivity contribution in [1.82, 2.24) is 5.32 Å². The fourth-order valence-electron chi connectivity index (χ4n) is 11.9. The molecule has 0 aromatic heterocycles. The van der Waals surface area contributed by atoms with Crippen molar-refractivity contribution in [1.29, 1.82) is 0 Å². The lowest BCUT2D eigenvalue weighted by Gasteiger charge is -2.30. The molecule has 87 heavy (non-hydrogen) atoms. The Bertz CT molecular complexity index is 1530. The van der Waals surface area contributed by atoms with Crippen LogP contribution in [-0.4, -0.2) is 69.4 Å². The summed E-state index contributed by atoms with van der Waals surface area (Å²) in [7, 11) is 1.21. The molecule has 1 N–H and O–H groups in total. The topological polar surface area (TPSA) is 114 Å². The van der Waals surface area contributed by atoms with Crippen LogP contribution in [0.5, 0.6) is 0 Å². The number of hydrogen-bond acceptors (Lipinski definition) is 7. The van der Waals surface area contributed by atoms with Crippen molar-refractivity contribution in [3.63, 3.8) is 0 Å². The largest absolute Gasteiger partial charge is 0.756 e. The summed E-state index contributed by atoms with van der Waals surface area (Å²) >= 11 is 0. The Hall–Kier alpha value is -1.51. The van der Waals surface area contributed by atoms with E-state index in [1.54, 1.807) is 0 Å². The molecule has 0 aliphatic heterocycles. The summed E-state index contributed by atoms with van der Waals surface area (Å²) in [4.78, 5) is 40.2. The maximum atomic E-state index is 13.6. The number of rotatable bonds is 72. The molecule has 0 aromatic carbocycles. The van der Waals surface area contributed by atoms with Crippen LogP contribution in [0.1, 0.15) is 406 Å². The minimum atomic E-state index is -4.70. The first-order valence-corrected chi connectivity index (χ1v) is 40.1. The van der Waals surface area contributed by atoms with Crippen molar-refractivity contribution in [3.8, 4) is 0 Å². The predicted molar refractivity (Wildman–Crippen MR) is 377 cm³/mol.